The minimum atomic E-state index is 0.695. The maximum Gasteiger partial charge on any atom is 0.0745 e. The maximum absolute atomic E-state index is 6.28. The first-order chi connectivity index (χ1) is 17.5. The van der Waals surface area contributed by atoms with E-state index in [0.29, 0.717) is 5.02 Å². The highest BCUT2D eigenvalue weighted by molar-refractivity contribution is 6.31. The molecule has 0 atom stereocenters. The summed E-state index contributed by atoms with van der Waals surface area (Å²) in [7, 11) is 6.31. The van der Waals surface area contributed by atoms with Gasteiger partial charge in [0.1, 0.15) is 0 Å². The van der Waals surface area contributed by atoms with Crippen LogP contribution in [0.15, 0.2) is 91.0 Å². The number of hydrogen-bond acceptors (Lipinski definition) is 4. The standard InChI is InChI=1S/C31H31ClN4/c1-35(2)26-15-12-22(13-16-26)20-36(3)21-24-9-5-4-8-23(24)19-33-31-27-10-6-7-11-29(27)34-30-18-25(32)14-17-28(30)31/h4-18H,19-21H2,1-3H3,(H,33,34). The molecule has 0 radical (unpaired) electrons. The minimum Gasteiger partial charge on any atom is -0.380 e. The van der Waals surface area contributed by atoms with Crippen LogP contribution in [-0.4, -0.2) is 31.0 Å². The van der Waals surface area contributed by atoms with Gasteiger partial charge in [-0.25, -0.2) is 4.98 Å². The number of nitrogens with zero attached hydrogens (tertiary/aromatic N) is 3. The lowest BCUT2D eigenvalue weighted by Gasteiger charge is -2.21. The van der Waals surface area contributed by atoms with Crippen molar-refractivity contribution in [3.63, 3.8) is 0 Å². The van der Waals surface area contributed by atoms with Gasteiger partial charge >= 0.3 is 0 Å². The summed E-state index contributed by atoms with van der Waals surface area (Å²) in [5, 5.41) is 6.63. The number of fused-ring (bicyclic) bond motifs is 2. The molecular weight excluding hydrogens is 464 g/mol. The van der Waals surface area contributed by atoms with Crippen LogP contribution in [0, 0.1) is 0 Å². The molecule has 1 N–H and O–H groups in total. The zero-order chi connectivity index (χ0) is 25.1. The van der Waals surface area contributed by atoms with Crippen molar-refractivity contribution < 1.29 is 0 Å². The molecule has 0 aliphatic rings. The molecule has 182 valence electrons. The molecule has 0 saturated heterocycles. The number of pyridine rings is 1. The number of anilines is 2. The highest BCUT2D eigenvalue weighted by Gasteiger charge is 2.11. The second-order valence-corrected chi connectivity index (χ2v) is 9.96. The van der Waals surface area contributed by atoms with E-state index < -0.39 is 0 Å². The van der Waals surface area contributed by atoms with Gasteiger partial charge < -0.3 is 10.2 Å². The Morgan fingerprint density at radius 3 is 2.19 bits per heavy atom. The molecule has 0 amide bonds. The first-order valence-corrected chi connectivity index (χ1v) is 12.6. The molecule has 5 aromatic rings. The maximum atomic E-state index is 6.28. The molecule has 0 spiro atoms. The zero-order valence-corrected chi connectivity index (χ0v) is 21.8. The van der Waals surface area contributed by atoms with Gasteiger partial charge in [0.15, 0.2) is 0 Å². The van der Waals surface area contributed by atoms with Crippen molar-refractivity contribution in [2.24, 2.45) is 0 Å². The molecule has 0 aliphatic carbocycles. The van der Waals surface area contributed by atoms with E-state index in [4.69, 9.17) is 16.6 Å². The van der Waals surface area contributed by atoms with Crippen LogP contribution in [0.2, 0.25) is 5.02 Å². The van der Waals surface area contributed by atoms with Crippen LogP contribution in [0.4, 0.5) is 11.4 Å². The highest BCUT2D eigenvalue weighted by Crippen LogP contribution is 2.32. The van der Waals surface area contributed by atoms with Crippen molar-refractivity contribution >= 4 is 44.8 Å². The van der Waals surface area contributed by atoms with Gasteiger partial charge in [-0.05, 0) is 60.1 Å². The smallest absolute Gasteiger partial charge is 0.0745 e. The number of nitrogens with one attached hydrogen (secondary N) is 1. The number of halogens is 1. The molecule has 4 nitrogen and oxygen atoms in total. The summed E-state index contributed by atoms with van der Waals surface area (Å²) in [5.74, 6) is 0. The predicted octanol–water partition coefficient (Wildman–Crippen LogP) is 7.35. The van der Waals surface area contributed by atoms with Gasteiger partial charge in [-0.15, -0.1) is 0 Å². The summed E-state index contributed by atoms with van der Waals surface area (Å²) in [6, 6.07) is 31.6. The molecule has 1 heterocycles. The predicted molar refractivity (Wildman–Crippen MR) is 154 cm³/mol. The SMILES string of the molecule is CN(Cc1ccc(N(C)C)cc1)Cc1ccccc1CNc1c2ccccc2nc2cc(Cl)ccc12. The van der Waals surface area contributed by atoms with E-state index in [1.807, 2.05) is 18.2 Å². The van der Waals surface area contributed by atoms with Gasteiger partial charge in [0, 0.05) is 55.2 Å². The van der Waals surface area contributed by atoms with Crippen LogP contribution in [0.1, 0.15) is 16.7 Å². The molecule has 0 saturated carbocycles. The number of para-hydroxylation sites is 1. The van der Waals surface area contributed by atoms with Gasteiger partial charge in [-0.2, -0.15) is 0 Å². The van der Waals surface area contributed by atoms with Gasteiger partial charge in [0.2, 0.25) is 0 Å². The van der Waals surface area contributed by atoms with E-state index in [-0.39, 0.29) is 0 Å². The largest absolute Gasteiger partial charge is 0.380 e. The Labute approximate surface area is 218 Å². The monoisotopic (exact) mass is 494 g/mol. The van der Waals surface area contributed by atoms with Gasteiger partial charge in [-0.1, -0.05) is 66.2 Å². The van der Waals surface area contributed by atoms with E-state index in [2.05, 4.69) is 109 Å². The van der Waals surface area contributed by atoms with E-state index in [1.54, 1.807) is 0 Å². The van der Waals surface area contributed by atoms with Gasteiger partial charge in [0.05, 0.1) is 16.7 Å². The third-order valence-electron chi connectivity index (χ3n) is 6.56. The second kappa shape index (κ2) is 10.6. The molecule has 5 rings (SSSR count). The third-order valence-corrected chi connectivity index (χ3v) is 6.80. The molecular formula is C31H31ClN4. The van der Waals surface area contributed by atoms with Crippen molar-refractivity contribution in [1.29, 1.82) is 0 Å². The number of hydrogen-bond donors (Lipinski definition) is 1. The Bertz CT molecular complexity index is 1490. The van der Waals surface area contributed by atoms with Gasteiger partial charge in [-0.3, -0.25) is 4.90 Å². The van der Waals surface area contributed by atoms with Crippen LogP contribution in [0.3, 0.4) is 0 Å². The first-order valence-electron chi connectivity index (χ1n) is 12.2. The fourth-order valence-electron chi connectivity index (χ4n) is 4.68. The topological polar surface area (TPSA) is 31.4 Å². The molecule has 4 aromatic carbocycles. The Hall–Kier alpha value is -3.60. The summed E-state index contributed by atoms with van der Waals surface area (Å²) >= 11 is 6.28. The molecule has 36 heavy (non-hydrogen) atoms. The van der Waals surface area contributed by atoms with Crippen LogP contribution >= 0.6 is 11.6 Å². The number of benzene rings is 4. The zero-order valence-electron chi connectivity index (χ0n) is 21.0. The van der Waals surface area contributed by atoms with E-state index >= 15 is 0 Å². The summed E-state index contributed by atoms with van der Waals surface area (Å²) in [6.45, 7) is 2.50. The fraction of sp³-hybridized carbons (Fsp3) is 0.194. The lowest BCUT2D eigenvalue weighted by Crippen LogP contribution is -2.19. The van der Waals surface area contributed by atoms with Crippen molar-refractivity contribution in [3.8, 4) is 0 Å². The lowest BCUT2D eigenvalue weighted by atomic mass is 10.0. The number of aromatic nitrogens is 1. The molecule has 5 heteroatoms. The second-order valence-electron chi connectivity index (χ2n) is 9.52. The summed E-state index contributed by atoms with van der Waals surface area (Å²) in [4.78, 5) is 9.32. The van der Waals surface area contributed by atoms with Crippen LogP contribution in [-0.2, 0) is 19.6 Å². The Morgan fingerprint density at radius 1 is 0.722 bits per heavy atom. The lowest BCUT2D eigenvalue weighted by molar-refractivity contribution is 0.318. The third kappa shape index (κ3) is 5.30. The minimum absolute atomic E-state index is 0.695. The fourth-order valence-corrected chi connectivity index (χ4v) is 4.85. The Balaban J connectivity index is 1.36. The normalized spacial score (nSPS) is 11.4. The first kappa shape index (κ1) is 24.1. The van der Waals surface area contributed by atoms with Crippen molar-refractivity contribution in [2.75, 3.05) is 31.4 Å². The van der Waals surface area contributed by atoms with Crippen LogP contribution < -0.4 is 10.2 Å². The summed E-state index contributed by atoms with van der Waals surface area (Å²) < 4.78 is 0. The van der Waals surface area contributed by atoms with Crippen LogP contribution in [0.25, 0.3) is 21.8 Å². The number of rotatable bonds is 8. The Morgan fingerprint density at radius 2 is 1.42 bits per heavy atom. The summed E-state index contributed by atoms with van der Waals surface area (Å²) in [5.41, 5.74) is 8.10. The van der Waals surface area contributed by atoms with Crippen molar-refractivity contribution in [3.05, 3.63) is 113 Å². The van der Waals surface area contributed by atoms with E-state index in [0.717, 1.165) is 47.1 Å². The van der Waals surface area contributed by atoms with Crippen molar-refractivity contribution in [1.82, 2.24) is 9.88 Å². The molecule has 1 aromatic heterocycles. The average Bonchev–Trinajstić information content (AvgIpc) is 2.87. The summed E-state index contributed by atoms with van der Waals surface area (Å²) in [6.07, 6.45) is 0. The van der Waals surface area contributed by atoms with Crippen LogP contribution in [0.5, 0.6) is 0 Å². The van der Waals surface area contributed by atoms with E-state index in [1.165, 1.54) is 22.4 Å². The van der Waals surface area contributed by atoms with Crippen molar-refractivity contribution in [2.45, 2.75) is 19.6 Å². The molecule has 0 fully saturated rings. The highest BCUT2D eigenvalue weighted by atomic mass is 35.5. The van der Waals surface area contributed by atoms with Gasteiger partial charge in [0.25, 0.3) is 0 Å². The average molecular weight is 495 g/mol. The quantitative estimate of drug-likeness (QED) is 0.228. The molecule has 0 unspecified atom stereocenters. The molecule has 0 aliphatic heterocycles. The van der Waals surface area contributed by atoms with E-state index in [9.17, 15) is 0 Å². The molecule has 0 bridgehead atoms. The Kier molecular flexibility index (Phi) is 7.08.